The molecule has 0 fully saturated rings. The minimum absolute atomic E-state index is 0. The van der Waals surface area contributed by atoms with E-state index < -0.39 is 0 Å². The number of hydrogen-bond acceptors (Lipinski definition) is 2. The summed E-state index contributed by atoms with van der Waals surface area (Å²) >= 11 is 0. The molecule has 0 amide bonds. The summed E-state index contributed by atoms with van der Waals surface area (Å²) in [6.45, 7) is 0. The molecule has 0 aromatic heterocycles. The second kappa shape index (κ2) is 1210. The maximum Gasteiger partial charge on any atom is 0.0712 e. The predicted molar refractivity (Wildman–Crippen MR) is 13.8 cm³/mol. The summed E-state index contributed by atoms with van der Waals surface area (Å²) in [7, 11) is 0.750. The van der Waals surface area contributed by atoms with Crippen LogP contribution in [0.2, 0.25) is 0 Å². The van der Waals surface area contributed by atoms with Gasteiger partial charge >= 0.3 is 0 Å². The molecule has 0 aromatic carbocycles. The Hall–Kier alpha value is -0.160. The third-order valence-electron chi connectivity index (χ3n) is 0. The van der Waals surface area contributed by atoms with Gasteiger partial charge in [0.25, 0.3) is 0 Å². The predicted octanol–water partition coefficient (Wildman–Crippen LogP) is -0.113. The van der Waals surface area contributed by atoms with Crippen LogP contribution < -0.4 is 0 Å². The van der Waals surface area contributed by atoms with E-state index in [-0.39, 0.29) is 5.48 Å². The normalized spacial score (nSPS) is 2.40. The first-order valence-corrected chi connectivity index (χ1v) is 0.608. The van der Waals surface area contributed by atoms with Gasteiger partial charge in [-0.15, -0.1) is 0 Å². The van der Waals surface area contributed by atoms with Gasteiger partial charge in [-0.3, -0.25) is 16.0 Å². The zero-order valence-electron chi connectivity index (χ0n) is 2.75. The van der Waals surface area contributed by atoms with Gasteiger partial charge in [0.15, 0.2) is 0 Å². The van der Waals surface area contributed by atoms with Crippen molar-refractivity contribution in [3.05, 3.63) is 0 Å². The van der Waals surface area contributed by atoms with Crippen molar-refractivity contribution in [2.75, 3.05) is 7.11 Å². The highest BCUT2D eigenvalue weighted by atomic mass is 17.0. The van der Waals surface area contributed by atoms with E-state index in [9.17, 15) is 0 Å². The summed E-state index contributed by atoms with van der Waals surface area (Å²) in [5.74, 6) is 0. The monoisotopic (exact) mass is 82.0 g/mol. The maximum atomic E-state index is 8.25. The zero-order chi connectivity index (χ0) is 4.00. The molecule has 0 aliphatic heterocycles. The Labute approximate surface area is 29.5 Å². The van der Waals surface area contributed by atoms with Crippen molar-refractivity contribution in [3.63, 3.8) is 0 Å². The van der Waals surface area contributed by atoms with Crippen molar-refractivity contribution >= 4 is 0 Å². The highest BCUT2D eigenvalue weighted by Crippen LogP contribution is 0.840. The minimum Gasteiger partial charge on any atom is -0.255 e. The third kappa shape index (κ3) is 508. The highest BCUT2D eigenvalue weighted by Gasteiger charge is 0.928. The number of rotatable bonds is 0. The topological polar surface area (TPSA) is 90.4 Å². The Morgan fingerprint density at radius 3 is 1.20 bits per heavy atom. The lowest BCUT2D eigenvalue weighted by Gasteiger charge is -1.25. The van der Waals surface area contributed by atoms with Gasteiger partial charge in [0, 0.05) is 0 Å². The second-order valence-electron chi connectivity index (χ2n) is 0. The fourth-order valence-corrected chi connectivity index (χ4v) is 0. The van der Waals surface area contributed by atoms with Crippen LogP contribution in [-0.2, 0) is 5.11 Å². The largest absolute Gasteiger partial charge is 0.255 e. The summed E-state index contributed by atoms with van der Waals surface area (Å²) in [6, 6.07) is 0. The lowest BCUT2D eigenvalue weighted by molar-refractivity contribution is -0.176. The standard InChI is InChI=1S/CH3O.H2O2.HO/c2*1-2;/h1H3;1-2H;1H. The quantitative estimate of drug-likeness (QED) is 0.281. The second-order valence-corrected chi connectivity index (χ2v) is 0. The highest BCUT2D eigenvalue weighted by molar-refractivity contribution is 3.16. The first-order chi connectivity index (χ1) is 2.00. The van der Waals surface area contributed by atoms with Crippen LogP contribution in [0.1, 0.15) is 0 Å². The van der Waals surface area contributed by atoms with Crippen LogP contribution in [0.5, 0.6) is 0 Å². The molecule has 0 saturated carbocycles. The Morgan fingerprint density at radius 2 is 1.20 bits per heavy atom. The molecule has 0 spiro atoms. The van der Waals surface area contributed by atoms with Crippen LogP contribution in [-0.4, -0.2) is 23.1 Å². The van der Waals surface area contributed by atoms with Crippen molar-refractivity contribution in [2.24, 2.45) is 0 Å². The molecule has 0 aliphatic rings. The average molecular weight is 82.1 g/mol. The molecule has 0 unspecified atom stereocenters. The lowest BCUT2D eigenvalue weighted by Crippen LogP contribution is -1.29. The van der Waals surface area contributed by atoms with E-state index >= 15 is 0 Å². The van der Waals surface area contributed by atoms with Gasteiger partial charge < -0.3 is 0 Å². The summed E-state index contributed by atoms with van der Waals surface area (Å²) < 4.78 is 0. The molecule has 0 aromatic rings. The van der Waals surface area contributed by atoms with E-state index in [1.54, 1.807) is 0 Å². The van der Waals surface area contributed by atoms with Gasteiger partial charge in [0.2, 0.25) is 0 Å². The molecular weight excluding hydrogens is 76.0 g/mol. The fourth-order valence-electron chi connectivity index (χ4n) is 0. The summed E-state index contributed by atoms with van der Waals surface area (Å²) in [6.07, 6.45) is 0. The molecule has 0 saturated heterocycles. The van der Waals surface area contributed by atoms with Gasteiger partial charge in [0.05, 0.1) is 7.11 Å². The van der Waals surface area contributed by atoms with E-state index in [0.29, 0.717) is 0 Å². The molecule has 3 N–H and O–H groups in total. The van der Waals surface area contributed by atoms with Crippen LogP contribution in [0.25, 0.3) is 0 Å². The van der Waals surface area contributed by atoms with Crippen LogP contribution in [0.4, 0.5) is 0 Å². The van der Waals surface area contributed by atoms with Gasteiger partial charge in [-0.05, 0) is 0 Å². The van der Waals surface area contributed by atoms with Crippen molar-refractivity contribution in [1.82, 2.24) is 0 Å². The van der Waals surface area contributed by atoms with Crippen LogP contribution >= 0.6 is 0 Å². The molecule has 4 nitrogen and oxygen atoms in total. The maximum absolute atomic E-state index is 8.25. The number of hydrogen-bond donors (Lipinski definition) is 3. The Morgan fingerprint density at radius 1 is 1.20 bits per heavy atom. The molecule has 0 bridgehead atoms. The molecule has 5 heavy (non-hydrogen) atoms. The molecule has 0 rings (SSSR count). The van der Waals surface area contributed by atoms with E-state index in [1.165, 1.54) is 0 Å². The molecule has 0 aliphatic carbocycles. The molecule has 0 atom stereocenters. The molecule has 2 radical (unpaired) electrons. The van der Waals surface area contributed by atoms with Crippen molar-refractivity contribution in [1.29, 1.82) is 0 Å². The first kappa shape index (κ1) is 21.1. The average Bonchev–Trinajstić information content (AvgIpc) is 1.50. The first-order valence-electron chi connectivity index (χ1n) is 0.608. The van der Waals surface area contributed by atoms with Crippen LogP contribution in [0, 0.1) is 0 Å². The van der Waals surface area contributed by atoms with E-state index in [1.807, 2.05) is 0 Å². The minimum atomic E-state index is 0. The molecule has 4 heteroatoms. The Kier molecular flexibility index (Phi) is 5100. The van der Waals surface area contributed by atoms with Crippen LogP contribution in [0.3, 0.4) is 0 Å². The smallest absolute Gasteiger partial charge is 0.0712 e. The van der Waals surface area contributed by atoms with Gasteiger partial charge in [-0.2, -0.15) is 0 Å². The Bertz CT molecular complexity index is 3.61. The van der Waals surface area contributed by atoms with Gasteiger partial charge in [-0.1, -0.05) is 0 Å². The van der Waals surface area contributed by atoms with Crippen molar-refractivity contribution in [2.45, 2.75) is 0 Å². The molecular formula is CH6O4. The van der Waals surface area contributed by atoms with E-state index in [0.717, 1.165) is 7.11 Å². The Balaban J connectivity index is -0.0000000133. The van der Waals surface area contributed by atoms with E-state index in [4.69, 9.17) is 15.6 Å². The van der Waals surface area contributed by atoms with Crippen molar-refractivity contribution < 1.29 is 21.1 Å². The van der Waals surface area contributed by atoms with Gasteiger partial charge in [0.1, 0.15) is 0 Å². The molecule has 0 heterocycles. The summed E-state index contributed by atoms with van der Waals surface area (Å²) in [4.78, 5) is 0. The fraction of sp³-hybridized carbons (Fsp3) is 1.00. The zero-order valence-corrected chi connectivity index (χ0v) is 2.75. The summed E-state index contributed by atoms with van der Waals surface area (Å²) in [5.41, 5.74) is 0. The summed E-state index contributed by atoms with van der Waals surface area (Å²) in [5, 5.41) is 20.2. The van der Waals surface area contributed by atoms with E-state index in [2.05, 4.69) is 0 Å². The SMILES string of the molecule is C[O].OO.[OH]. The van der Waals surface area contributed by atoms with Crippen molar-refractivity contribution in [3.8, 4) is 0 Å². The van der Waals surface area contributed by atoms with Gasteiger partial charge in [-0.25, -0.2) is 5.11 Å². The van der Waals surface area contributed by atoms with Crippen LogP contribution in [0.15, 0.2) is 0 Å². The lowest BCUT2D eigenvalue weighted by atomic mass is 11.8. The third-order valence-corrected chi connectivity index (χ3v) is 0. The molecule has 34 valence electrons.